The molecule has 0 unspecified atom stereocenters. The number of fused-ring (bicyclic) bond motifs is 1. The molecule has 1 aromatic heterocycles. The zero-order chi connectivity index (χ0) is 16.6. The largest absolute Gasteiger partial charge is 0.493 e. The Balaban J connectivity index is 2.09. The molecule has 7 nitrogen and oxygen atoms in total. The summed E-state index contributed by atoms with van der Waals surface area (Å²) in [5.74, 6) is 1.07. The zero-order valence-corrected chi connectivity index (χ0v) is 13.4. The smallest absolute Gasteiger partial charge is 0.261 e. The van der Waals surface area contributed by atoms with Crippen LogP contribution in [0.3, 0.4) is 0 Å². The molecule has 1 fully saturated rings. The lowest BCUT2D eigenvalue weighted by Crippen LogP contribution is -2.28. The molecule has 1 amide bonds. The van der Waals surface area contributed by atoms with Crippen LogP contribution in [0.4, 0.5) is 0 Å². The van der Waals surface area contributed by atoms with Crippen molar-refractivity contribution >= 4 is 16.8 Å². The van der Waals surface area contributed by atoms with Gasteiger partial charge in [0.15, 0.2) is 11.5 Å². The number of likely N-dealkylation sites (N-methyl/N-ethyl adjacent to an activating group) is 1. The van der Waals surface area contributed by atoms with Crippen molar-refractivity contribution in [2.75, 3.05) is 27.3 Å². The van der Waals surface area contributed by atoms with Gasteiger partial charge in [0.1, 0.15) is 0 Å². The van der Waals surface area contributed by atoms with Crippen LogP contribution in [0.25, 0.3) is 10.9 Å². The maximum atomic E-state index is 12.8. The molecular weight excluding hydrogens is 298 g/mol. The van der Waals surface area contributed by atoms with Crippen molar-refractivity contribution in [3.05, 3.63) is 28.8 Å². The van der Waals surface area contributed by atoms with Gasteiger partial charge in [-0.2, -0.15) is 0 Å². The summed E-state index contributed by atoms with van der Waals surface area (Å²) in [6.45, 7) is 3.12. The van der Waals surface area contributed by atoms with Crippen LogP contribution in [-0.2, 0) is 4.79 Å². The highest BCUT2D eigenvalue weighted by Gasteiger charge is 2.30. The third-order valence-corrected chi connectivity index (χ3v) is 4.26. The summed E-state index contributed by atoms with van der Waals surface area (Å²) >= 11 is 0. The molecule has 7 heteroatoms. The summed E-state index contributed by atoms with van der Waals surface area (Å²) in [6.07, 6.45) is 1.84. The van der Waals surface area contributed by atoms with Crippen molar-refractivity contribution in [3.63, 3.8) is 0 Å². The van der Waals surface area contributed by atoms with Crippen LogP contribution < -0.4 is 15.0 Å². The van der Waals surface area contributed by atoms with Crippen LogP contribution in [-0.4, -0.2) is 47.7 Å². The number of carbonyl (C=O) groups is 1. The Morgan fingerprint density at radius 3 is 2.52 bits per heavy atom. The predicted octanol–water partition coefficient (Wildman–Crippen LogP) is 1.21. The molecule has 0 bridgehead atoms. The van der Waals surface area contributed by atoms with Crippen molar-refractivity contribution in [3.8, 4) is 11.5 Å². The maximum Gasteiger partial charge on any atom is 0.261 e. The Hall–Kier alpha value is -2.57. The molecule has 0 saturated carbocycles. The van der Waals surface area contributed by atoms with Crippen molar-refractivity contribution in [2.24, 2.45) is 0 Å². The normalized spacial score (nSPS) is 17.8. The molecule has 122 valence electrons. The fourth-order valence-corrected chi connectivity index (χ4v) is 2.97. The third kappa shape index (κ3) is 2.52. The first kappa shape index (κ1) is 15.3. The van der Waals surface area contributed by atoms with E-state index >= 15 is 0 Å². The lowest BCUT2D eigenvalue weighted by molar-refractivity contribution is -0.127. The number of benzene rings is 1. The van der Waals surface area contributed by atoms with Crippen molar-refractivity contribution < 1.29 is 14.3 Å². The average Bonchev–Trinajstić information content (AvgIpc) is 2.94. The molecule has 1 atom stereocenters. The monoisotopic (exact) mass is 317 g/mol. The van der Waals surface area contributed by atoms with Gasteiger partial charge in [-0.3, -0.25) is 14.2 Å². The standard InChI is InChI=1S/C16H19N3O4/c1-4-18-8-10(5-15(18)20)19-9-17-12-7-14(23-3)13(22-2)6-11(12)16(19)21/h6-7,9-10H,4-5,8H2,1-3H3/t10-/m1/s1. The lowest BCUT2D eigenvalue weighted by Gasteiger charge is -2.16. The molecule has 2 aromatic rings. The first-order valence-electron chi connectivity index (χ1n) is 7.49. The Morgan fingerprint density at radius 1 is 1.22 bits per heavy atom. The first-order valence-corrected chi connectivity index (χ1v) is 7.49. The average molecular weight is 317 g/mol. The number of carbonyl (C=O) groups excluding carboxylic acids is 1. The first-order chi connectivity index (χ1) is 11.1. The number of methoxy groups -OCH3 is 2. The van der Waals surface area contributed by atoms with Crippen LogP contribution in [0, 0.1) is 0 Å². The van der Waals surface area contributed by atoms with E-state index in [1.165, 1.54) is 20.5 Å². The Bertz CT molecular complexity index is 815. The molecule has 1 aliphatic rings. The van der Waals surface area contributed by atoms with Crippen LogP contribution in [0.5, 0.6) is 11.5 Å². The summed E-state index contributed by atoms with van der Waals surface area (Å²) in [5.41, 5.74) is 0.368. The van der Waals surface area contributed by atoms with Gasteiger partial charge in [0.25, 0.3) is 5.56 Å². The second-order valence-electron chi connectivity index (χ2n) is 5.47. The number of rotatable bonds is 4. The molecule has 1 aliphatic heterocycles. The number of nitrogens with zero attached hydrogens (tertiary/aromatic N) is 3. The number of hydrogen-bond acceptors (Lipinski definition) is 5. The molecule has 1 aromatic carbocycles. The fraction of sp³-hybridized carbons (Fsp3) is 0.438. The predicted molar refractivity (Wildman–Crippen MR) is 85.0 cm³/mol. The van der Waals surface area contributed by atoms with E-state index in [1.54, 1.807) is 21.6 Å². The molecule has 2 heterocycles. The number of amides is 1. The second kappa shape index (κ2) is 5.91. The van der Waals surface area contributed by atoms with Crippen LogP contribution in [0.1, 0.15) is 19.4 Å². The van der Waals surface area contributed by atoms with Crippen molar-refractivity contribution in [1.82, 2.24) is 14.5 Å². The molecule has 3 rings (SSSR count). The summed E-state index contributed by atoms with van der Waals surface area (Å²) in [6, 6.07) is 3.13. The van der Waals surface area contributed by atoms with Gasteiger partial charge in [-0.05, 0) is 13.0 Å². The maximum absolute atomic E-state index is 12.8. The van der Waals surface area contributed by atoms with Crippen molar-refractivity contribution in [1.29, 1.82) is 0 Å². The van der Waals surface area contributed by atoms with E-state index in [0.717, 1.165) is 0 Å². The lowest BCUT2D eigenvalue weighted by atomic mass is 10.2. The van der Waals surface area contributed by atoms with Gasteiger partial charge in [0.2, 0.25) is 5.91 Å². The van der Waals surface area contributed by atoms with E-state index in [-0.39, 0.29) is 17.5 Å². The quantitative estimate of drug-likeness (QED) is 0.847. The van der Waals surface area contributed by atoms with Gasteiger partial charge in [0.05, 0.1) is 37.5 Å². The Morgan fingerprint density at radius 2 is 1.91 bits per heavy atom. The third-order valence-electron chi connectivity index (χ3n) is 4.26. The molecule has 0 spiro atoms. The van der Waals surface area contributed by atoms with E-state index in [2.05, 4.69) is 4.98 Å². The van der Waals surface area contributed by atoms with Gasteiger partial charge < -0.3 is 14.4 Å². The van der Waals surface area contributed by atoms with Gasteiger partial charge >= 0.3 is 0 Å². The highest BCUT2D eigenvalue weighted by Crippen LogP contribution is 2.30. The summed E-state index contributed by atoms with van der Waals surface area (Å²) in [5, 5.41) is 0.451. The molecule has 23 heavy (non-hydrogen) atoms. The van der Waals surface area contributed by atoms with Gasteiger partial charge in [-0.25, -0.2) is 4.98 Å². The Kier molecular flexibility index (Phi) is 3.94. The molecule has 0 aliphatic carbocycles. The second-order valence-corrected chi connectivity index (χ2v) is 5.47. The highest BCUT2D eigenvalue weighted by atomic mass is 16.5. The molecule has 0 radical (unpaired) electrons. The zero-order valence-electron chi connectivity index (χ0n) is 13.4. The fourth-order valence-electron chi connectivity index (χ4n) is 2.97. The number of hydrogen-bond donors (Lipinski definition) is 0. The number of ether oxygens (including phenoxy) is 2. The minimum atomic E-state index is -0.181. The van der Waals surface area contributed by atoms with Crippen molar-refractivity contribution in [2.45, 2.75) is 19.4 Å². The van der Waals surface area contributed by atoms with E-state index in [0.29, 0.717) is 41.9 Å². The van der Waals surface area contributed by atoms with E-state index in [4.69, 9.17) is 9.47 Å². The van der Waals surface area contributed by atoms with E-state index in [9.17, 15) is 9.59 Å². The van der Waals surface area contributed by atoms with Crippen LogP contribution in [0.15, 0.2) is 23.3 Å². The SMILES string of the molecule is CCN1C[C@H](n2cnc3cc(OC)c(OC)cc3c2=O)CC1=O. The minimum absolute atomic E-state index is 0.0665. The topological polar surface area (TPSA) is 73.7 Å². The van der Waals surface area contributed by atoms with Crippen LogP contribution in [0.2, 0.25) is 0 Å². The van der Waals surface area contributed by atoms with E-state index < -0.39 is 0 Å². The van der Waals surface area contributed by atoms with Gasteiger partial charge in [0, 0.05) is 25.6 Å². The number of aromatic nitrogens is 2. The Labute approximate surface area is 133 Å². The minimum Gasteiger partial charge on any atom is -0.493 e. The van der Waals surface area contributed by atoms with E-state index in [1.807, 2.05) is 6.92 Å². The summed E-state index contributed by atoms with van der Waals surface area (Å²) < 4.78 is 12.0. The van der Waals surface area contributed by atoms with Gasteiger partial charge in [-0.1, -0.05) is 0 Å². The number of likely N-dealkylation sites (tertiary alicyclic amines) is 1. The summed E-state index contributed by atoms with van der Waals surface area (Å²) in [4.78, 5) is 30.8. The summed E-state index contributed by atoms with van der Waals surface area (Å²) in [7, 11) is 3.06. The molecule has 0 N–H and O–H groups in total. The van der Waals surface area contributed by atoms with Crippen LogP contribution >= 0.6 is 0 Å². The molecular formula is C16H19N3O4. The van der Waals surface area contributed by atoms with Gasteiger partial charge in [-0.15, -0.1) is 0 Å². The highest BCUT2D eigenvalue weighted by molar-refractivity contribution is 5.82. The molecule has 1 saturated heterocycles.